The van der Waals surface area contributed by atoms with E-state index in [2.05, 4.69) is 186 Å². The zero-order valence-electron chi connectivity index (χ0n) is 63.9. The molecule has 0 aromatic carbocycles. The van der Waals surface area contributed by atoms with Gasteiger partial charge in [-0.2, -0.15) is 0 Å². The molecule has 0 saturated heterocycles. The lowest BCUT2D eigenvalue weighted by Gasteiger charge is -2.21. The number of hydrogen-bond donors (Lipinski definition) is 3. The Hall–Kier alpha value is -6.10. The zero-order valence-corrected chi connectivity index (χ0v) is 65.6. The molecule has 19 heteroatoms. The molecule has 3 N–H and O–H groups in total. The Balaban J connectivity index is 5.54. The summed E-state index contributed by atoms with van der Waals surface area (Å²) < 4.78 is 68.3. The lowest BCUT2D eigenvalue weighted by atomic mass is 10.1. The van der Waals surface area contributed by atoms with Crippen molar-refractivity contribution in [2.45, 2.75) is 277 Å². The van der Waals surface area contributed by atoms with Crippen LogP contribution in [0.1, 0.15) is 259 Å². The molecule has 0 rings (SSSR count). The van der Waals surface area contributed by atoms with Crippen LogP contribution in [-0.4, -0.2) is 96.7 Å². The predicted octanol–water partition coefficient (Wildman–Crippen LogP) is 22.5. The molecular weight excluding hydrogens is 1350 g/mol. The minimum atomic E-state index is -5.02. The molecule has 0 radical (unpaired) electrons. The lowest BCUT2D eigenvalue weighted by Crippen LogP contribution is -2.30. The van der Waals surface area contributed by atoms with Crippen molar-refractivity contribution in [3.05, 3.63) is 194 Å². The summed E-state index contributed by atoms with van der Waals surface area (Å²) in [5.41, 5.74) is 0. The van der Waals surface area contributed by atoms with Gasteiger partial charge in [0.1, 0.15) is 19.3 Å². The number of ether oxygens (including phenoxy) is 4. The Morgan fingerprint density at radius 3 is 0.817 bits per heavy atom. The quantitative estimate of drug-likeness (QED) is 0.0169. The third-order valence-electron chi connectivity index (χ3n) is 15.0. The van der Waals surface area contributed by atoms with E-state index >= 15 is 0 Å². The third-order valence-corrected chi connectivity index (χ3v) is 16.9. The van der Waals surface area contributed by atoms with Gasteiger partial charge in [-0.25, -0.2) is 9.13 Å². The van der Waals surface area contributed by atoms with Gasteiger partial charge in [0.2, 0.25) is 0 Å². The molecule has 0 aromatic rings. The maximum absolute atomic E-state index is 13.1. The molecule has 104 heavy (non-hydrogen) atoms. The molecule has 0 aliphatic rings. The summed E-state index contributed by atoms with van der Waals surface area (Å²) in [4.78, 5) is 72.9. The van der Waals surface area contributed by atoms with E-state index in [1.54, 1.807) is 0 Å². The Bertz CT molecular complexity index is 2740. The number of carbonyl (C=O) groups excluding carboxylic acids is 4. The number of phosphoric ester groups is 2. The zero-order chi connectivity index (χ0) is 76.0. The first-order chi connectivity index (χ1) is 50.7. The molecular formula is C85H134O17P2. The number of esters is 4. The van der Waals surface area contributed by atoms with Gasteiger partial charge in [-0.05, 0) is 167 Å². The highest BCUT2D eigenvalue weighted by Gasteiger charge is 2.30. The van der Waals surface area contributed by atoms with E-state index in [9.17, 15) is 43.2 Å². The molecule has 5 atom stereocenters. The molecule has 0 saturated carbocycles. The van der Waals surface area contributed by atoms with Gasteiger partial charge in [-0.15, -0.1) is 0 Å². The van der Waals surface area contributed by atoms with Crippen molar-refractivity contribution < 1.29 is 80.2 Å². The fourth-order valence-corrected chi connectivity index (χ4v) is 10.8. The van der Waals surface area contributed by atoms with Crippen molar-refractivity contribution in [3.63, 3.8) is 0 Å². The average Bonchev–Trinajstić information content (AvgIpc) is 0.910. The van der Waals surface area contributed by atoms with Gasteiger partial charge in [0.05, 0.1) is 26.4 Å². The summed E-state index contributed by atoms with van der Waals surface area (Å²) in [7, 11) is -10.0. The summed E-state index contributed by atoms with van der Waals surface area (Å²) in [6, 6.07) is 0. The van der Waals surface area contributed by atoms with Gasteiger partial charge >= 0.3 is 39.5 Å². The molecule has 586 valence electrons. The van der Waals surface area contributed by atoms with E-state index in [1.807, 2.05) is 36.5 Å². The van der Waals surface area contributed by atoms with Gasteiger partial charge in [-0.1, -0.05) is 261 Å². The van der Waals surface area contributed by atoms with Gasteiger partial charge in [0.15, 0.2) is 12.2 Å². The number of hydrogen-bond acceptors (Lipinski definition) is 15. The SMILES string of the molecule is CC/C=C\C/C=C\C/C=C\C/C=C\C/C=C\CCCC(=O)OCC(COP(=O)(O)OCC(O)COP(=O)(O)OCC(COC(=O)CCC/C=C\C/C=C\C/C=C\C/C=C\C/C=C\CC)OC(=O)CCCCCCC/C=C\CCCCCC)OC(=O)CCC/C=C\C/C=C\C/C=C\C/C=C\C/C=C\CC. The fraction of sp³-hybridized carbons (Fsp3) is 0.576. The summed E-state index contributed by atoms with van der Waals surface area (Å²) in [6.45, 7) is 4.27. The van der Waals surface area contributed by atoms with E-state index in [0.29, 0.717) is 44.9 Å². The van der Waals surface area contributed by atoms with E-state index < -0.39 is 97.5 Å². The minimum Gasteiger partial charge on any atom is -0.462 e. The van der Waals surface area contributed by atoms with Crippen molar-refractivity contribution in [3.8, 4) is 0 Å². The van der Waals surface area contributed by atoms with Crippen LogP contribution < -0.4 is 0 Å². The number of aliphatic hydroxyl groups is 1. The number of unbranched alkanes of at least 4 members (excludes halogenated alkanes) is 12. The van der Waals surface area contributed by atoms with Gasteiger partial charge in [-0.3, -0.25) is 37.3 Å². The fourth-order valence-electron chi connectivity index (χ4n) is 9.26. The Kier molecular flexibility index (Phi) is 70.7. The molecule has 0 aliphatic carbocycles. The lowest BCUT2D eigenvalue weighted by molar-refractivity contribution is -0.161. The first-order valence-corrected chi connectivity index (χ1v) is 41.7. The molecule has 0 heterocycles. The Morgan fingerprint density at radius 2 is 0.510 bits per heavy atom. The van der Waals surface area contributed by atoms with Crippen molar-refractivity contribution in [2.75, 3.05) is 39.6 Å². The molecule has 5 unspecified atom stereocenters. The van der Waals surface area contributed by atoms with Crippen LogP contribution in [-0.2, 0) is 65.4 Å². The molecule has 0 spiro atoms. The van der Waals surface area contributed by atoms with Crippen LogP contribution in [0.3, 0.4) is 0 Å². The van der Waals surface area contributed by atoms with Crippen LogP contribution in [0.15, 0.2) is 194 Å². The number of phosphoric acid groups is 2. The standard InChI is InChI=1S/C85H134O17P2/c1-5-9-13-17-21-25-29-33-36-39-42-46-49-53-57-61-65-69-82(87)95-75-80(101-84(89)71-67-63-59-55-51-45-32-28-24-20-16-12-8-4)77-99-103(91,92)97-73-79(86)74-98-104(93,94)100-78-81(102-85(90)72-68-64-60-56-52-48-44-41-38-35-31-27-23-19-15-11-7-3)76-96-83(88)70-66-62-58-54-50-47-43-40-37-34-30-26-22-18-14-10-6-2/h9-11,13-15,21-23,25-28,32-38,42-44,46-48,53-54,56-58,60,79-81,86H,5-8,12,16-20,24,29-31,39-41,45,49-52,55,59,61-78H2,1-4H3,(H,91,92)(H,93,94)/b13-9-,14-10-,15-11-,25-21-,26-22-,27-23-,32-28-,36-33-,37-34-,38-35-,46-42-,47-43-,48-44-,57-53-,58-54-,60-56-. The topological polar surface area (TPSA) is 237 Å². The highest BCUT2D eigenvalue weighted by molar-refractivity contribution is 7.47. The highest BCUT2D eigenvalue weighted by atomic mass is 31.2. The van der Waals surface area contributed by atoms with Gasteiger partial charge in [0, 0.05) is 25.7 Å². The van der Waals surface area contributed by atoms with Crippen LogP contribution in [0.5, 0.6) is 0 Å². The van der Waals surface area contributed by atoms with Gasteiger partial charge in [0.25, 0.3) is 0 Å². The second-order valence-electron chi connectivity index (χ2n) is 24.8. The highest BCUT2D eigenvalue weighted by Crippen LogP contribution is 2.45. The first-order valence-electron chi connectivity index (χ1n) is 38.7. The average molecular weight is 1490 g/mol. The third kappa shape index (κ3) is 74.2. The number of rotatable bonds is 70. The summed E-state index contributed by atoms with van der Waals surface area (Å²) in [5.74, 6) is -2.41. The molecule has 17 nitrogen and oxygen atoms in total. The Labute approximate surface area is 627 Å². The normalized spacial score (nSPS) is 15.0. The second kappa shape index (κ2) is 75.1. The van der Waals surface area contributed by atoms with Crippen LogP contribution in [0.25, 0.3) is 0 Å². The van der Waals surface area contributed by atoms with Crippen molar-refractivity contribution in [2.24, 2.45) is 0 Å². The monoisotopic (exact) mass is 1490 g/mol. The summed E-state index contributed by atoms with van der Waals surface area (Å²) >= 11 is 0. The predicted molar refractivity (Wildman–Crippen MR) is 426 cm³/mol. The van der Waals surface area contributed by atoms with Crippen LogP contribution >= 0.6 is 15.6 Å². The molecule has 0 bridgehead atoms. The first kappa shape index (κ1) is 97.9. The van der Waals surface area contributed by atoms with Crippen LogP contribution in [0.4, 0.5) is 0 Å². The molecule has 0 fully saturated rings. The van der Waals surface area contributed by atoms with Crippen molar-refractivity contribution in [1.82, 2.24) is 0 Å². The summed E-state index contributed by atoms with van der Waals surface area (Å²) in [6.07, 6.45) is 91.6. The number of carbonyl (C=O) groups is 4. The van der Waals surface area contributed by atoms with E-state index in [0.717, 1.165) is 135 Å². The van der Waals surface area contributed by atoms with Crippen molar-refractivity contribution >= 4 is 39.5 Å². The largest absolute Gasteiger partial charge is 0.472 e. The smallest absolute Gasteiger partial charge is 0.462 e. The molecule has 0 aliphatic heterocycles. The van der Waals surface area contributed by atoms with Crippen LogP contribution in [0.2, 0.25) is 0 Å². The summed E-state index contributed by atoms with van der Waals surface area (Å²) in [5, 5.41) is 10.6. The van der Waals surface area contributed by atoms with Gasteiger partial charge < -0.3 is 33.8 Å². The maximum atomic E-state index is 13.1. The van der Waals surface area contributed by atoms with Crippen molar-refractivity contribution in [1.29, 1.82) is 0 Å². The number of aliphatic hydroxyl groups excluding tert-OH is 1. The second-order valence-corrected chi connectivity index (χ2v) is 27.7. The Morgan fingerprint density at radius 1 is 0.279 bits per heavy atom. The number of allylic oxidation sites excluding steroid dienone is 32. The van der Waals surface area contributed by atoms with E-state index in [-0.39, 0.29) is 25.7 Å². The van der Waals surface area contributed by atoms with E-state index in [4.69, 9.17) is 37.0 Å². The molecule has 0 amide bonds. The van der Waals surface area contributed by atoms with Crippen LogP contribution in [0, 0.1) is 0 Å². The molecule has 0 aromatic heterocycles. The van der Waals surface area contributed by atoms with E-state index in [1.165, 1.54) is 25.7 Å². The maximum Gasteiger partial charge on any atom is 0.472 e. The minimum absolute atomic E-state index is 0.00522.